The van der Waals surface area contributed by atoms with Crippen LogP contribution in [0, 0.1) is 13.8 Å². The summed E-state index contributed by atoms with van der Waals surface area (Å²) < 4.78 is 0. The van der Waals surface area contributed by atoms with Crippen molar-refractivity contribution in [1.29, 1.82) is 0 Å². The molecule has 0 heterocycles. The molecular weight excluding hydrogens is 222 g/mol. The first-order valence-electron chi connectivity index (χ1n) is 6.61. The van der Waals surface area contributed by atoms with Crippen molar-refractivity contribution in [3.05, 3.63) is 34.9 Å². The SMILES string of the molecule is CC(=O)CCNCC(C)(C)c1ccc(C)cc1C. The molecule has 2 nitrogen and oxygen atoms in total. The molecule has 0 spiro atoms. The van der Waals surface area contributed by atoms with Gasteiger partial charge >= 0.3 is 0 Å². The molecule has 1 N–H and O–H groups in total. The van der Waals surface area contributed by atoms with Gasteiger partial charge in [-0.3, -0.25) is 4.79 Å². The Balaban J connectivity index is 2.64. The summed E-state index contributed by atoms with van der Waals surface area (Å²) in [6, 6.07) is 6.61. The predicted octanol–water partition coefficient (Wildman–Crippen LogP) is 3.15. The van der Waals surface area contributed by atoms with Crippen LogP contribution in [0.3, 0.4) is 0 Å². The van der Waals surface area contributed by atoms with Gasteiger partial charge in [-0.2, -0.15) is 0 Å². The molecule has 0 amide bonds. The highest BCUT2D eigenvalue weighted by molar-refractivity contribution is 5.75. The van der Waals surface area contributed by atoms with Gasteiger partial charge in [-0.1, -0.05) is 37.6 Å². The van der Waals surface area contributed by atoms with Crippen LogP contribution in [0.5, 0.6) is 0 Å². The van der Waals surface area contributed by atoms with Gasteiger partial charge in [0.25, 0.3) is 0 Å². The van der Waals surface area contributed by atoms with Crippen LogP contribution in [0.25, 0.3) is 0 Å². The second-order valence-corrected chi connectivity index (χ2v) is 5.83. The Labute approximate surface area is 111 Å². The van der Waals surface area contributed by atoms with E-state index in [1.54, 1.807) is 6.92 Å². The van der Waals surface area contributed by atoms with E-state index in [1.165, 1.54) is 16.7 Å². The van der Waals surface area contributed by atoms with E-state index in [0.29, 0.717) is 6.42 Å². The summed E-state index contributed by atoms with van der Waals surface area (Å²) in [4.78, 5) is 10.9. The Morgan fingerprint density at radius 3 is 2.50 bits per heavy atom. The van der Waals surface area contributed by atoms with Crippen LogP contribution in [-0.4, -0.2) is 18.9 Å². The van der Waals surface area contributed by atoms with E-state index in [0.717, 1.165) is 13.1 Å². The van der Waals surface area contributed by atoms with Crippen molar-refractivity contribution in [1.82, 2.24) is 5.32 Å². The number of benzene rings is 1. The molecule has 0 aliphatic rings. The van der Waals surface area contributed by atoms with E-state index in [2.05, 4.69) is 51.2 Å². The van der Waals surface area contributed by atoms with Gasteiger partial charge in [0.2, 0.25) is 0 Å². The van der Waals surface area contributed by atoms with Crippen molar-refractivity contribution in [3.63, 3.8) is 0 Å². The number of ketones is 1. The van der Waals surface area contributed by atoms with Crippen molar-refractivity contribution in [2.75, 3.05) is 13.1 Å². The van der Waals surface area contributed by atoms with Crippen molar-refractivity contribution < 1.29 is 4.79 Å². The number of nitrogens with one attached hydrogen (secondary N) is 1. The number of carbonyl (C=O) groups is 1. The van der Waals surface area contributed by atoms with Gasteiger partial charge in [-0.15, -0.1) is 0 Å². The number of rotatable bonds is 6. The maximum absolute atomic E-state index is 10.9. The average Bonchev–Trinajstić information content (AvgIpc) is 2.23. The molecule has 0 unspecified atom stereocenters. The molecule has 1 rings (SSSR count). The topological polar surface area (TPSA) is 29.1 Å². The summed E-state index contributed by atoms with van der Waals surface area (Å²) in [7, 11) is 0. The Kier molecular flexibility index (Phi) is 5.09. The maximum Gasteiger partial charge on any atom is 0.131 e. The summed E-state index contributed by atoms with van der Waals surface area (Å²) in [6.07, 6.45) is 0.614. The normalized spacial score (nSPS) is 11.6. The molecule has 1 aromatic rings. The van der Waals surface area contributed by atoms with Crippen molar-refractivity contribution >= 4 is 5.78 Å². The van der Waals surface area contributed by atoms with Crippen LogP contribution in [-0.2, 0) is 10.2 Å². The minimum atomic E-state index is 0.0918. The quantitative estimate of drug-likeness (QED) is 0.782. The number of hydrogen-bond acceptors (Lipinski definition) is 2. The highest BCUT2D eigenvalue weighted by Gasteiger charge is 2.21. The van der Waals surface area contributed by atoms with Crippen molar-refractivity contribution in [2.45, 2.75) is 46.5 Å². The fourth-order valence-electron chi connectivity index (χ4n) is 2.33. The van der Waals surface area contributed by atoms with Gasteiger partial charge in [-0.05, 0) is 31.9 Å². The van der Waals surface area contributed by atoms with Gasteiger partial charge in [0.05, 0.1) is 0 Å². The molecule has 18 heavy (non-hydrogen) atoms. The van der Waals surface area contributed by atoms with Crippen LogP contribution in [0.15, 0.2) is 18.2 Å². The van der Waals surface area contributed by atoms with Gasteiger partial charge in [0.15, 0.2) is 0 Å². The van der Waals surface area contributed by atoms with Gasteiger partial charge in [0.1, 0.15) is 5.78 Å². The number of aryl methyl sites for hydroxylation is 2. The minimum Gasteiger partial charge on any atom is -0.315 e. The Bertz CT molecular complexity index is 421. The third-order valence-corrected chi connectivity index (χ3v) is 3.33. The molecular formula is C16H25NO. The number of carbonyl (C=O) groups excluding carboxylic acids is 1. The van der Waals surface area contributed by atoms with Crippen LogP contribution in [0.2, 0.25) is 0 Å². The van der Waals surface area contributed by atoms with E-state index in [4.69, 9.17) is 0 Å². The van der Waals surface area contributed by atoms with Crippen molar-refractivity contribution in [3.8, 4) is 0 Å². The molecule has 0 fully saturated rings. The molecule has 2 heteroatoms. The lowest BCUT2D eigenvalue weighted by Crippen LogP contribution is -2.34. The van der Waals surface area contributed by atoms with E-state index >= 15 is 0 Å². The Morgan fingerprint density at radius 2 is 1.94 bits per heavy atom. The van der Waals surface area contributed by atoms with Gasteiger partial charge in [0, 0.05) is 24.9 Å². The molecule has 0 aliphatic heterocycles. The second-order valence-electron chi connectivity index (χ2n) is 5.83. The fraction of sp³-hybridized carbons (Fsp3) is 0.562. The van der Waals surface area contributed by atoms with E-state index < -0.39 is 0 Å². The van der Waals surface area contributed by atoms with Gasteiger partial charge < -0.3 is 5.32 Å². The van der Waals surface area contributed by atoms with Crippen LogP contribution >= 0.6 is 0 Å². The lowest BCUT2D eigenvalue weighted by molar-refractivity contribution is -0.116. The standard InChI is InChI=1S/C16H25NO/c1-12-6-7-15(13(2)10-12)16(4,5)11-17-9-8-14(3)18/h6-7,10,17H,8-9,11H2,1-5H3. The number of Topliss-reactive ketones (excluding diaryl/α,β-unsaturated/α-hetero) is 1. The zero-order valence-corrected chi connectivity index (χ0v) is 12.3. The number of hydrogen-bond donors (Lipinski definition) is 1. The highest BCUT2D eigenvalue weighted by atomic mass is 16.1. The molecule has 1 aromatic carbocycles. The summed E-state index contributed by atoms with van der Waals surface area (Å²) in [5.74, 6) is 0.242. The zero-order chi connectivity index (χ0) is 13.8. The maximum atomic E-state index is 10.9. The summed E-state index contributed by atoms with van der Waals surface area (Å²) in [5, 5.41) is 3.38. The molecule has 0 aliphatic carbocycles. The second kappa shape index (κ2) is 6.14. The van der Waals surface area contributed by atoms with Crippen molar-refractivity contribution in [2.24, 2.45) is 0 Å². The molecule has 0 saturated carbocycles. The Morgan fingerprint density at radius 1 is 1.28 bits per heavy atom. The Hall–Kier alpha value is -1.15. The van der Waals surface area contributed by atoms with Gasteiger partial charge in [-0.25, -0.2) is 0 Å². The predicted molar refractivity (Wildman–Crippen MR) is 77.1 cm³/mol. The largest absolute Gasteiger partial charge is 0.315 e. The first-order chi connectivity index (χ1) is 8.33. The summed E-state index contributed by atoms with van der Waals surface area (Å²) in [5.41, 5.74) is 4.11. The molecule has 0 bridgehead atoms. The third-order valence-electron chi connectivity index (χ3n) is 3.33. The first kappa shape index (κ1) is 14.9. The average molecular weight is 247 g/mol. The molecule has 0 atom stereocenters. The zero-order valence-electron chi connectivity index (χ0n) is 12.3. The third kappa shape index (κ3) is 4.26. The molecule has 100 valence electrons. The molecule has 0 saturated heterocycles. The summed E-state index contributed by atoms with van der Waals surface area (Å²) >= 11 is 0. The lowest BCUT2D eigenvalue weighted by atomic mass is 9.81. The van der Waals surface area contributed by atoms with Crippen LogP contribution in [0.1, 0.15) is 43.9 Å². The van der Waals surface area contributed by atoms with Crippen LogP contribution < -0.4 is 5.32 Å². The first-order valence-corrected chi connectivity index (χ1v) is 6.61. The van der Waals surface area contributed by atoms with E-state index in [-0.39, 0.29) is 11.2 Å². The molecule has 0 radical (unpaired) electrons. The van der Waals surface area contributed by atoms with E-state index in [9.17, 15) is 4.79 Å². The minimum absolute atomic E-state index is 0.0918. The fourth-order valence-corrected chi connectivity index (χ4v) is 2.33. The monoisotopic (exact) mass is 247 g/mol. The van der Waals surface area contributed by atoms with Crippen LogP contribution in [0.4, 0.5) is 0 Å². The summed E-state index contributed by atoms with van der Waals surface area (Å²) in [6.45, 7) is 12.1. The van der Waals surface area contributed by atoms with E-state index in [1.807, 2.05) is 0 Å². The lowest BCUT2D eigenvalue weighted by Gasteiger charge is -2.28. The smallest absolute Gasteiger partial charge is 0.131 e. The highest BCUT2D eigenvalue weighted by Crippen LogP contribution is 2.26. The molecule has 0 aromatic heterocycles.